The van der Waals surface area contributed by atoms with Crippen LogP contribution in [0.3, 0.4) is 0 Å². The number of aromatic nitrogens is 2. The molecule has 0 bridgehead atoms. The standard InChI is InChI=1S/C10H20N4O/c1-7(2)9(6-14(4)5)12-10-11-8(3)13-15-10/h7,9H,6H2,1-5H3,(H,11,12,13). The van der Waals surface area contributed by atoms with Crippen LogP contribution in [-0.4, -0.2) is 41.7 Å². The first-order chi connectivity index (χ1) is 6.99. The zero-order valence-electron chi connectivity index (χ0n) is 10.1. The van der Waals surface area contributed by atoms with Gasteiger partial charge in [0.05, 0.1) is 0 Å². The van der Waals surface area contributed by atoms with E-state index in [1.807, 2.05) is 6.92 Å². The summed E-state index contributed by atoms with van der Waals surface area (Å²) in [5.41, 5.74) is 0. The summed E-state index contributed by atoms with van der Waals surface area (Å²) in [6, 6.07) is 0.827. The minimum atomic E-state index is 0.319. The van der Waals surface area contributed by atoms with Crippen LogP contribution in [0, 0.1) is 12.8 Å². The van der Waals surface area contributed by atoms with Gasteiger partial charge in [-0.15, -0.1) is 0 Å². The van der Waals surface area contributed by atoms with Gasteiger partial charge in [-0.1, -0.05) is 19.0 Å². The molecule has 0 aliphatic rings. The van der Waals surface area contributed by atoms with Crippen LogP contribution < -0.4 is 5.32 Å². The zero-order chi connectivity index (χ0) is 11.4. The summed E-state index contributed by atoms with van der Waals surface area (Å²) in [7, 11) is 4.10. The van der Waals surface area contributed by atoms with Crippen molar-refractivity contribution in [2.24, 2.45) is 5.92 Å². The molecular formula is C10H20N4O. The first-order valence-corrected chi connectivity index (χ1v) is 5.20. The van der Waals surface area contributed by atoms with E-state index in [0.717, 1.165) is 6.54 Å². The minimum absolute atomic E-state index is 0.319. The summed E-state index contributed by atoms with van der Waals surface area (Å²) >= 11 is 0. The summed E-state index contributed by atoms with van der Waals surface area (Å²) < 4.78 is 5.04. The Morgan fingerprint density at radius 2 is 2.07 bits per heavy atom. The van der Waals surface area contributed by atoms with Gasteiger partial charge in [-0.2, -0.15) is 4.98 Å². The third-order valence-corrected chi connectivity index (χ3v) is 2.20. The van der Waals surface area contributed by atoms with Gasteiger partial charge in [-0.25, -0.2) is 0 Å². The van der Waals surface area contributed by atoms with Gasteiger partial charge >= 0.3 is 6.01 Å². The molecule has 15 heavy (non-hydrogen) atoms. The second kappa shape index (κ2) is 5.11. The van der Waals surface area contributed by atoms with Crippen LogP contribution in [0.1, 0.15) is 19.7 Å². The van der Waals surface area contributed by atoms with Crippen LogP contribution >= 0.6 is 0 Å². The Morgan fingerprint density at radius 1 is 1.40 bits per heavy atom. The Morgan fingerprint density at radius 3 is 2.47 bits per heavy atom. The molecule has 0 aliphatic carbocycles. The highest BCUT2D eigenvalue weighted by Gasteiger charge is 2.16. The molecule has 0 aromatic carbocycles. The van der Waals surface area contributed by atoms with Gasteiger partial charge < -0.3 is 14.7 Å². The lowest BCUT2D eigenvalue weighted by Gasteiger charge is -2.24. The molecule has 0 aliphatic heterocycles. The van der Waals surface area contributed by atoms with E-state index in [2.05, 4.69) is 48.3 Å². The average molecular weight is 212 g/mol. The topological polar surface area (TPSA) is 54.2 Å². The SMILES string of the molecule is Cc1noc(NC(CN(C)C)C(C)C)n1. The summed E-state index contributed by atoms with van der Waals surface area (Å²) in [5, 5.41) is 6.99. The quantitative estimate of drug-likeness (QED) is 0.799. The van der Waals surface area contributed by atoms with Gasteiger partial charge in [0, 0.05) is 12.6 Å². The van der Waals surface area contributed by atoms with Crippen molar-refractivity contribution in [3.8, 4) is 0 Å². The molecule has 1 unspecified atom stereocenters. The molecule has 1 aromatic rings. The molecule has 1 heterocycles. The molecule has 0 amide bonds. The Kier molecular flexibility index (Phi) is 4.08. The number of hydrogen-bond donors (Lipinski definition) is 1. The van der Waals surface area contributed by atoms with E-state index in [9.17, 15) is 0 Å². The molecule has 0 spiro atoms. The third-order valence-electron chi connectivity index (χ3n) is 2.20. The van der Waals surface area contributed by atoms with E-state index in [0.29, 0.717) is 23.8 Å². The van der Waals surface area contributed by atoms with Crippen LogP contribution in [0.25, 0.3) is 0 Å². The number of aryl methyl sites for hydroxylation is 1. The van der Waals surface area contributed by atoms with Gasteiger partial charge in [0.15, 0.2) is 5.82 Å². The zero-order valence-corrected chi connectivity index (χ0v) is 10.1. The summed E-state index contributed by atoms with van der Waals surface area (Å²) in [6.45, 7) is 7.10. The van der Waals surface area contributed by atoms with Crippen molar-refractivity contribution in [3.63, 3.8) is 0 Å². The van der Waals surface area contributed by atoms with Crippen molar-refractivity contribution in [1.29, 1.82) is 0 Å². The molecule has 0 saturated carbocycles. The van der Waals surface area contributed by atoms with E-state index in [-0.39, 0.29) is 0 Å². The Bertz CT molecular complexity index is 295. The highest BCUT2D eigenvalue weighted by atomic mass is 16.5. The minimum Gasteiger partial charge on any atom is -0.333 e. The fourth-order valence-electron chi connectivity index (χ4n) is 1.33. The molecule has 0 saturated heterocycles. The maximum Gasteiger partial charge on any atom is 0.321 e. The molecular weight excluding hydrogens is 192 g/mol. The second-order valence-corrected chi connectivity index (χ2v) is 4.40. The summed E-state index contributed by atoms with van der Waals surface area (Å²) in [6.07, 6.45) is 0. The predicted molar refractivity (Wildman–Crippen MR) is 59.8 cm³/mol. The third kappa shape index (κ3) is 3.87. The summed E-state index contributed by atoms with van der Waals surface area (Å²) in [4.78, 5) is 6.27. The predicted octanol–water partition coefficient (Wildman–Crippen LogP) is 1.38. The number of nitrogens with one attached hydrogen (secondary N) is 1. The fraction of sp³-hybridized carbons (Fsp3) is 0.800. The fourth-order valence-corrected chi connectivity index (χ4v) is 1.33. The van der Waals surface area contributed by atoms with Crippen LogP contribution in [0.15, 0.2) is 4.52 Å². The van der Waals surface area contributed by atoms with Crippen molar-refractivity contribution in [3.05, 3.63) is 5.82 Å². The molecule has 0 radical (unpaired) electrons. The second-order valence-electron chi connectivity index (χ2n) is 4.40. The Hall–Kier alpha value is -1.10. The molecule has 5 heteroatoms. The highest BCUT2D eigenvalue weighted by Crippen LogP contribution is 2.11. The van der Waals surface area contributed by atoms with Crippen LogP contribution in [0.2, 0.25) is 0 Å². The molecule has 0 fully saturated rings. The first-order valence-electron chi connectivity index (χ1n) is 5.20. The van der Waals surface area contributed by atoms with Gasteiger partial charge in [0.2, 0.25) is 0 Å². The number of rotatable bonds is 5. The van der Waals surface area contributed by atoms with Crippen LogP contribution in [0.4, 0.5) is 6.01 Å². The molecule has 5 nitrogen and oxygen atoms in total. The number of anilines is 1. The maximum absolute atomic E-state index is 5.04. The van der Waals surface area contributed by atoms with Crippen molar-refractivity contribution >= 4 is 6.01 Å². The van der Waals surface area contributed by atoms with Crippen molar-refractivity contribution < 1.29 is 4.52 Å². The van der Waals surface area contributed by atoms with E-state index >= 15 is 0 Å². The summed E-state index contributed by atoms with van der Waals surface area (Å²) in [5.74, 6) is 1.17. The average Bonchev–Trinajstić information content (AvgIpc) is 2.49. The normalized spacial score (nSPS) is 13.5. The highest BCUT2D eigenvalue weighted by molar-refractivity contribution is 5.20. The van der Waals surface area contributed by atoms with Crippen LogP contribution in [-0.2, 0) is 0 Å². The lowest BCUT2D eigenvalue weighted by molar-refractivity contribution is 0.334. The number of nitrogens with zero attached hydrogens (tertiary/aromatic N) is 3. The van der Waals surface area contributed by atoms with Crippen molar-refractivity contribution in [1.82, 2.24) is 15.0 Å². The van der Waals surface area contributed by atoms with E-state index in [4.69, 9.17) is 4.52 Å². The Balaban J connectivity index is 2.58. The molecule has 86 valence electrons. The van der Waals surface area contributed by atoms with E-state index < -0.39 is 0 Å². The van der Waals surface area contributed by atoms with Crippen molar-refractivity contribution in [2.75, 3.05) is 26.0 Å². The molecule has 1 atom stereocenters. The number of likely N-dealkylation sites (N-methyl/N-ethyl adjacent to an activating group) is 1. The smallest absolute Gasteiger partial charge is 0.321 e. The molecule has 1 rings (SSSR count). The van der Waals surface area contributed by atoms with Gasteiger partial charge in [-0.3, -0.25) is 0 Å². The monoisotopic (exact) mass is 212 g/mol. The molecule has 1 aromatic heterocycles. The lowest BCUT2D eigenvalue weighted by Crippen LogP contribution is -2.36. The van der Waals surface area contributed by atoms with Crippen molar-refractivity contribution in [2.45, 2.75) is 26.8 Å². The largest absolute Gasteiger partial charge is 0.333 e. The number of hydrogen-bond acceptors (Lipinski definition) is 5. The maximum atomic E-state index is 5.04. The van der Waals surface area contributed by atoms with E-state index in [1.165, 1.54) is 0 Å². The van der Waals surface area contributed by atoms with Gasteiger partial charge in [0.1, 0.15) is 0 Å². The van der Waals surface area contributed by atoms with Gasteiger partial charge in [0.25, 0.3) is 0 Å². The lowest BCUT2D eigenvalue weighted by atomic mass is 10.0. The van der Waals surface area contributed by atoms with Gasteiger partial charge in [-0.05, 0) is 26.9 Å². The molecule has 1 N–H and O–H groups in total. The van der Waals surface area contributed by atoms with E-state index in [1.54, 1.807) is 0 Å². The Labute approximate surface area is 90.8 Å². The van der Waals surface area contributed by atoms with Crippen LogP contribution in [0.5, 0.6) is 0 Å². The first kappa shape index (κ1) is 12.0.